The van der Waals surface area contributed by atoms with Crippen molar-refractivity contribution in [2.24, 2.45) is 5.41 Å². The van der Waals surface area contributed by atoms with Crippen LogP contribution < -0.4 is 0 Å². The third kappa shape index (κ3) is 3.90. The highest BCUT2D eigenvalue weighted by molar-refractivity contribution is 6.34. The highest BCUT2D eigenvalue weighted by atomic mass is 35.5. The van der Waals surface area contributed by atoms with Crippen molar-refractivity contribution in [1.82, 2.24) is 4.90 Å². The van der Waals surface area contributed by atoms with E-state index in [9.17, 15) is 14.7 Å². The van der Waals surface area contributed by atoms with Crippen LogP contribution in [0.1, 0.15) is 41.6 Å². The minimum atomic E-state index is -0.900. The van der Waals surface area contributed by atoms with E-state index in [1.807, 2.05) is 13.0 Å². The molecule has 6 heteroatoms. The van der Waals surface area contributed by atoms with Gasteiger partial charge >= 0.3 is 5.97 Å². The Balaban J connectivity index is 2.20. The van der Waals surface area contributed by atoms with Crippen LogP contribution in [0.3, 0.4) is 0 Å². The van der Waals surface area contributed by atoms with Crippen molar-refractivity contribution in [2.75, 3.05) is 26.8 Å². The van der Waals surface area contributed by atoms with Gasteiger partial charge in [-0.05, 0) is 44.2 Å². The molecule has 0 saturated carbocycles. The molecule has 24 heavy (non-hydrogen) atoms. The van der Waals surface area contributed by atoms with Crippen molar-refractivity contribution >= 4 is 23.5 Å². The number of carbonyl (C=O) groups is 2. The lowest BCUT2D eigenvalue weighted by molar-refractivity contribution is -0.152. The van der Waals surface area contributed by atoms with Crippen LogP contribution in [0.2, 0.25) is 5.02 Å². The van der Waals surface area contributed by atoms with Crippen LogP contribution in [0.4, 0.5) is 0 Å². The monoisotopic (exact) mass is 353 g/mol. The predicted molar refractivity (Wildman–Crippen MR) is 92.5 cm³/mol. The summed E-state index contributed by atoms with van der Waals surface area (Å²) in [6.07, 6.45) is 2.42. The lowest BCUT2D eigenvalue weighted by atomic mass is 9.76. The summed E-state index contributed by atoms with van der Waals surface area (Å²) in [6.45, 7) is 3.14. The van der Waals surface area contributed by atoms with Crippen LogP contribution in [0.15, 0.2) is 18.2 Å². The van der Waals surface area contributed by atoms with E-state index < -0.39 is 11.4 Å². The number of piperidine rings is 1. The van der Waals surface area contributed by atoms with Crippen LogP contribution in [0.5, 0.6) is 0 Å². The smallest absolute Gasteiger partial charge is 0.311 e. The number of carboxylic acid groups (broad SMARTS) is 1. The first kappa shape index (κ1) is 18.7. The number of halogens is 1. The molecule has 1 heterocycles. The maximum absolute atomic E-state index is 12.8. The molecule has 0 aliphatic carbocycles. The second kappa shape index (κ2) is 7.99. The van der Waals surface area contributed by atoms with Crippen molar-refractivity contribution in [3.8, 4) is 0 Å². The third-order valence-electron chi connectivity index (χ3n) is 4.74. The predicted octanol–water partition coefficient (Wildman–Crippen LogP) is 3.38. The second-order valence-electron chi connectivity index (χ2n) is 6.45. The number of hydrogen-bond donors (Lipinski definition) is 1. The SMILES string of the molecule is COCCC[C@]1(C(=O)O)CCCN(C(=O)c2cccc(C)c2Cl)C1. The van der Waals surface area contributed by atoms with E-state index in [0.717, 1.165) is 5.56 Å². The summed E-state index contributed by atoms with van der Waals surface area (Å²) in [5.41, 5.74) is 0.377. The molecule has 1 aromatic rings. The summed E-state index contributed by atoms with van der Waals surface area (Å²) >= 11 is 6.26. The number of ether oxygens (including phenoxy) is 1. The fraction of sp³-hybridized carbons (Fsp3) is 0.556. The molecule has 1 saturated heterocycles. The van der Waals surface area contributed by atoms with Gasteiger partial charge in [0.2, 0.25) is 0 Å². The van der Waals surface area contributed by atoms with Crippen LogP contribution in [-0.2, 0) is 9.53 Å². The summed E-state index contributed by atoms with van der Waals surface area (Å²) in [6, 6.07) is 5.34. The van der Waals surface area contributed by atoms with Crippen molar-refractivity contribution in [3.05, 3.63) is 34.3 Å². The number of aryl methyl sites for hydroxylation is 1. The van der Waals surface area contributed by atoms with E-state index >= 15 is 0 Å². The van der Waals surface area contributed by atoms with Crippen LogP contribution >= 0.6 is 11.6 Å². The summed E-state index contributed by atoms with van der Waals surface area (Å²) in [4.78, 5) is 26.4. The minimum Gasteiger partial charge on any atom is -0.481 e. The van der Waals surface area contributed by atoms with Crippen molar-refractivity contribution in [3.63, 3.8) is 0 Å². The number of nitrogens with zero attached hydrogens (tertiary/aromatic N) is 1. The number of amides is 1. The zero-order valence-corrected chi connectivity index (χ0v) is 14.9. The number of rotatable bonds is 6. The first-order valence-electron chi connectivity index (χ1n) is 8.18. The Morgan fingerprint density at radius 1 is 1.42 bits per heavy atom. The Labute approximate surface area is 147 Å². The molecular formula is C18H24ClNO4. The van der Waals surface area contributed by atoms with Gasteiger partial charge in [-0.3, -0.25) is 9.59 Å². The topological polar surface area (TPSA) is 66.8 Å². The van der Waals surface area contributed by atoms with Crippen LogP contribution in [0, 0.1) is 12.3 Å². The van der Waals surface area contributed by atoms with E-state index in [0.29, 0.717) is 49.4 Å². The Hall–Kier alpha value is -1.59. The van der Waals surface area contributed by atoms with E-state index in [1.165, 1.54) is 0 Å². The lowest BCUT2D eigenvalue weighted by Crippen LogP contribution is -2.50. The average Bonchev–Trinajstić information content (AvgIpc) is 2.57. The van der Waals surface area contributed by atoms with Gasteiger partial charge in [0.25, 0.3) is 5.91 Å². The molecule has 0 unspecified atom stereocenters. The molecule has 132 valence electrons. The number of benzene rings is 1. The molecule has 2 rings (SSSR count). The summed E-state index contributed by atoms with van der Waals surface area (Å²) in [5, 5.41) is 10.2. The number of carboxylic acids is 1. The Morgan fingerprint density at radius 3 is 2.83 bits per heavy atom. The molecule has 1 aliphatic rings. The highest BCUT2D eigenvalue weighted by Crippen LogP contribution is 2.36. The zero-order chi connectivity index (χ0) is 17.7. The number of carbonyl (C=O) groups excluding carboxylic acids is 1. The fourth-order valence-corrected chi connectivity index (χ4v) is 3.54. The Morgan fingerprint density at radius 2 is 2.17 bits per heavy atom. The van der Waals surface area contributed by atoms with Gasteiger partial charge in [0.15, 0.2) is 0 Å². The van der Waals surface area contributed by atoms with Gasteiger partial charge in [-0.1, -0.05) is 23.7 Å². The molecule has 0 aromatic heterocycles. The normalized spacial score (nSPS) is 20.9. The zero-order valence-electron chi connectivity index (χ0n) is 14.2. The fourth-order valence-electron chi connectivity index (χ4n) is 3.33. The van der Waals surface area contributed by atoms with E-state index in [4.69, 9.17) is 16.3 Å². The van der Waals surface area contributed by atoms with Crippen molar-refractivity contribution < 1.29 is 19.4 Å². The van der Waals surface area contributed by atoms with Gasteiger partial charge < -0.3 is 14.7 Å². The largest absolute Gasteiger partial charge is 0.481 e. The second-order valence-corrected chi connectivity index (χ2v) is 6.83. The minimum absolute atomic E-state index is 0.194. The van der Waals surface area contributed by atoms with Gasteiger partial charge in [-0.2, -0.15) is 0 Å². The maximum Gasteiger partial charge on any atom is 0.311 e. The van der Waals surface area contributed by atoms with Gasteiger partial charge in [0.1, 0.15) is 0 Å². The van der Waals surface area contributed by atoms with Gasteiger partial charge in [0, 0.05) is 26.8 Å². The molecule has 0 bridgehead atoms. The highest BCUT2D eigenvalue weighted by Gasteiger charge is 2.43. The van der Waals surface area contributed by atoms with Crippen LogP contribution in [-0.4, -0.2) is 48.7 Å². The maximum atomic E-state index is 12.8. The number of aliphatic carboxylic acids is 1. The number of methoxy groups -OCH3 is 1. The number of hydrogen-bond acceptors (Lipinski definition) is 3. The molecule has 1 amide bonds. The van der Waals surface area contributed by atoms with Gasteiger partial charge in [-0.25, -0.2) is 0 Å². The lowest BCUT2D eigenvalue weighted by Gasteiger charge is -2.40. The summed E-state index contributed by atoms with van der Waals surface area (Å²) in [7, 11) is 1.60. The van der Waals surface area contributed by atoms with E-state index in [2.05, 4.69) is 0 Å². The van der Waals surface area contributed by atoms with E-state index in [1.54, 1.807) is 24.1 Å². The number of likely N-dealkylation sites (tertiary alicyclic amines) is 1. The van der Waals surface area contributed by atoms with Crippen molar-refractivity contribution in [2.45, 2.75) is 32.6 Å². The molecular weight excluding hydrogens is 330 g/mol. The first-order chi connectivity index (χ1) is 11.4. The van der Waals surface area contributed by atoms with E-state index in [-0.39, 0.29) is 12.5 Å². The molecule has 1 atom stereocenters. The standard InChI is InChI=1S/C18H24ClNO4/c1-13-6-3-7-14(15(13)19)16(21)20-10-4-8-18(12-20,17(22)23)9-5-11-24-2/h3,6-7H,4-5,8-12H2,1-2H3,(H,22,23)/t18-/m1/s1. The summed E-state index contributed by atoms with van der Waals surface area (Å²) < 4.78 is 5.04. The molecule has 1 N–H and O–H groups in total. The Bertz CT molecular complexity index is 619. The Kier molecular flexibility index (Phi) is 6.24. The molecule has 0 radical (unpaired) electrons. The van der Waals surface area contributed by atoms with Crippen LogP contribution in [0.25, 0.3) is 0 Å². The molecule has 5 nitrogen and oxygen atoms in total. The van der Waals surface area contributed by atoms with Crippen molar-refractivity contribution in [1.29, 1.82) is 0 Å². The molecule has 0 spiro atoms. The molecule has 1 aliphatic heterocycles. The molecule has 1 aromatic carbocycles. The van der Waals surface area contributed by atoms with Gasteiger partial charge in [-0.15, -0.1) is 0 Å². The summed E-state index contributed by atoms with van der Waals surface area (Å²) in [5.74, 6) is -1.03. The average molecular weight is 354 g/mol. The quantitative estimate of drug-likeness (QED) is 0.796. The third-order valence-corrected chi connectivity index (χ3v) is 5.25. The molecule has 1 fully saturated rings. The first-order valence-corrected chi connectivity index (χ1v) is 8.56. The van der Waals surface area contributed by atoms with Gasteiger partial charge in [0.05, 0.1) is 16.0 Å².